The monoisotopic (exact) mass is 563 g/mol. The molecule has 202 valence electrons. The number of unbranched alkanes of at least 4 members (excludes halogenated alkanes) is 4. The van der Waals surface area contributed by atoms with Crippen LogP contribution in [-0.2, 0) is 14.3 Å². The van der Waals surface area contributed by atoms with Gasteiger partial charge in [0.15, 0.2) is 4.80 Å². The molecule has 0 bridgehead atoms. The maximum Gasteiger partial charge on any atom is 0.338 e. The van der Waals surface area contributed by atoms with E-state index in [0.29, 0.717) is 37.7 Å². The van der Waals surface area contributed by atoms with Gasteiger partial charge in [0.2, 0.25) is 0 Å². The van der Waals surface area contributed by atoms with Crippen molar-refractivity contribution in [2.24, 2.45) is 4.99 Å². The molecular weight excluding hydrogens is 534 g/mol. The highest BCUT2D eigenvalue weighted by molar-refractivity contribution is 7.07. The highest BCUT2D eigenvalue weighted by Crippen LogP contribution is 2.36. The fourth-order valence-electron chi connectivity index (χ4n) is 5.30. The van der Waals surface area contributed by atoms with Gasteiger partial charge in [0.1, 0.15) is 4.53 Å². The number of hydrogen-bond acceptors (Lipinski definition) is 6. The molecule has 3 heterocycles. The van der Waals surface area contributed by atoms with Crippen LogP contribution in [0.4, 0.5) is 5.69 Å². The van der Waals surface area contributed by atoms with E-state index in [4.69, 9.17) is 16.3 Å². The number of allylic oxidation sites excluding steroid dienone is 1. The average molecular weight is 564 g/mol. The van der Waals surface area contributed by atoms with Crippen molar-refractivity contribution in [3.8, 4) is 0 Å². The lowest BCUT2D eigenvalue weighted by atomic mass is 9.96. The number of thiazole rings is 1. The van der Waals surface area contributed by atoms with E-state index in [9.17, 15) is 14.4 Å². The van der Waals surface area contributed by atoms with Crippen LogP contribution in [0.3, 0.4) is 0 Å². The maximum atomic E-state index is 14.1. The smallest absolute Gasteiger partial charge is 0.338 e. The van der Waals surface area contributed by atoms with Crippen LogP contribution in [0.25, 0.3) is 5.57 Å². The molecule has 1 aromatic heterocycles. The number of benzene rings is 2. The number of halogens is 1. The predicted octanol–water partition coefficient (Wildman–Crippen LogP) is 4.75. The van der Waals surface area contributed by atoms with E-state index in [1.807, 2.05) is 24.3 Å². The number of esters is 1. The summed E-state index contributed by atoms with van der Waals surface area (Å²) in [5, 5.41) is 0.539. The first-order valence-corrected chi connectivity index (χ1v) is 14.4. The Kier molecular flexibility index (Phi) is 7.86. The fourth-order valence-corrected chi connectivity index (χ4v) is 6.56. The number of amides is 1. The van der Waals surface area contributed by atoms with E-state index in [0.717, 1.165) is 36.9 Å². The molecule has 3 aromatic rings. The lowest BCUT2D eigenvalue weighted by Gasteiger charge is -2.24. The standard InChI is InChI=1S/C30H30ClN3O4S/c1-4-5-6-7-10-17-33-22-12-9-8-11-21(22)24(27(33)35)26-28(36)34-25(19-13-15-20(31)16-14-19)23(29(37)38-3)18(2)32-30(34)39-26/h8-9,11-16,25H,4-7,10,17H2,1-3H3. The number of carbonyl (C=O) groups is 2. The Labute approximate surface area is 235 Å². The molecule has 0 fully saturated rings. The highest BCUT2D eigenvalue weighted by atomic mass is 35.5. The van der Waals surface area contributed by atoms with Crippen LogP contribution in [0.2, 0.25) is 5.02 Å². The second-order valence-electron chi connectivity index (χ2n) is 9.71. The summed E-state index contributed by atoms with van der Waals surface area (Å²) in [6.45, 7) is 4.50. The zero-order valence-electron chi connectivity index (χ0n) is 22.2. The van der Waals surface area contributed by atoms with Crippen LogP contribution in [-0.4, -0.2) is 30.1 Å². The Hall–Kier alpha value is -3.49. The summed E-state index contributed by atoms with van der Waals surface area (Å²) >= 11 is 7.31. The summed E-state index contributed by atoms with van der Waals surface area (Å²) in [7, 11) is 1.31. The molecular formula is C30H30ClN3O4S. The van der Waals surface area contributed by atoms with Crippen molar-refractivity contribution in [3.05, 3.63) is 95.6 Å². The summed E-state index contributed by atoms with van der Waals surface area (Å²) in [6, 6.07) is 13.8. The Bertz CT molecular complexity index is 1650. The van der Waals surface area contributed by atoms with E-state index in [2.05, 4.69) is 11.9 Å². The molecule has 2 aliphatic heterocycles. The molecule has 2 aromatic carbocycles. The summed E-state index contributed by atoms with van der Waals surface area (Å²) in [4.78, 5) is 47.7. The van der Waals surface area contributed by atoms with Gasteiger partial charge in [0.05, 0.1) is 35.7 Å². The molecule has 2 aliphatic rings. The van der Waals surface area contributed by atoms with Crippen LogP contribution in [0.5, 0.6) is 0 Å². The summed E-state index contributed by atoms with van der Waals surface area (Å²) in [6.07, 6.45) is 5.42. The van der Waals surface area contributed by atoms with Gasteiger partial charge in [0.25, 0.3) is 11.5 Å². The van der Waals surface area contributed by atoms with Crippen LogP contribution < -0.4 is 19.8 Å². The van der Waals surface area contributed by atoms with Gasteiger partial charge < -0.3 is 9.64 Å². The quantitative estimate of drug-likeness (QED) is 0.293. The normalized spacial score (nSPS) is 17.7. The van der Waals surface area contributed by atoms with Crippen molar-refractivity contribution >= 4 is 46.1 Å². The Morgan fingerprint density at radius 2 is 1.77 bits per heavy atom. The number of fused-ring (bicyclic) bond motifs is 2. The zero-order chi connectivity index (χ0) is 27.7. The van der Waals surface area contributed by atoms with Crippen LogP contribution in [0.1, 0.15) is 63.1 Å². The van der Waals surface area contributed by atoms with Crippen LogP contribution in [0.15, 0.2) is 69.6 Å². The molecule has 7 nitrogen and oxygen atoms in total. The zero-order valence-corrected chi connectivity index (χ0v) is 23.8. The summed E-state index contributed by atoms with van der Waals surface area (Å²) < 4.78 is 6.89. The number of ether oxygens (including phenoxy) is 1. The molecule has 0 N–H and O–H groups in total. The molecule has 9 heteroatoms. The fraction of sp³-hybridized carbons (Fsp3) is 0.333. The third-order valence-corrected chi connectivity index (χ3v) is 8.53. The Morgan fingerprint density at radius 1 is 1.05 bits per heavy atom. The number of carbonyl (C=O) groups excluding carboxylic acids is 2. The van der Waals surface area contributed by atoms with Gasteiger partial charge in [-0.15, -0.1) is 0 Å². The van der Waals surface area contributed by atoms with Gasteiger partial charge in [-0.1, -0.05) is 85.9 Å². The van der Waals surface area contributed by atoms with Crippen LogP contribution in [0, 0.1) is 0 Å². The van der Waals surface area contributed by atoms with Gasteiger partial charge in [-0.2, -0.15) is 0 Å². The number of aromatic nitrogens is 1. The second-order valence-corrected chi connectivity index (χ2v) is 11.1. The van der Waals surface area contributed by atoms with Gasteiger partial charge in [-0.25, -0.2) is 9.79 Å². The third-order valence-electron chi connectivity index (χ3n) is 7.22. The van der Waals surface area contributed by atoms with E-state index >= 15 is 0 Å². The van der Waals surface area contributed by atoms with Crippen molar-refractivity contribution in [1.29, 1.82) is 0 Å². The highest BCUT2D eigenvalue weighted by Gasteiger charge is 2.37. The van der Waals surface area contributed by atoms with Gasteiger partial charge in [0, 0.05) is 17.1 Å². The van der Waals surface area contributed by atoms with E-state index in [-0.39, 0.29) is 17.0 Å². The first-order valence-electron chi connectivity index (χ1n) is 13.2. The Morgan fingerprint density at radius 3 is 2.49 bits per heavy atom. The largest absolute Gasteiger partial charge is 0.466 e. The third kappa shape index (κ3) is 4.87. The maximum absolute atomic E-state index is 14.1. The number of rotatable bonds is 8. The van der Waals surface area contributed by atoms with Crippen molar-refractivity contribution in [2.75, 3.05) is 18.6 Å². The van der Waals surface area contributed by atoms with E-state index in [1.165, 1.54) is 29.4 Å². The number of nitrogens with zero attached hydrogens (tertiary/aromatic N) is 3. The molecule has 1 atom stereocenters. The number of anilines is 1. The SMILES string of the molecule is CCCCCCCN1C(=O)C(=c2sc3n(c2=O)C(c2ccc(Cl)cc2)C(C(=O)OC)=C(C)N=3)c2ccccc21. The molecule has 0 radical (unpaired) electrons. The van der Waals surface area contributed by atoms with Crippen molar-refractivity contribution in [2.45, 2.75) is 52.0 Å². The first-order chi connectivity index (χ1) is 18.9. The molecule has 1 unspecified atom stereocenters. The molecule has 0 saturated heterocycles. The molecule has 39 heavy (non-hydrogen) atoms. The summed E-state index contributed by atoms with van der Waals surface area (Å²) in [5.74, 6) is -0.741. The molecule has 1 amide bonds. The summed E-state index contributed by atoms with van der Waals surface area (Å²) in [5.41, 5.74) is 3.02. The first kappa shape index (κ1) is 27.1. The van der Waals surface area contributed by atoms with E-state index < -0.39 is 12.0 Å². The van der Waals surface area contributed by atoms with Crippen molar-refractivity contribution in [1.82, 2.24) is 4.57 Å². The van der Waals surface area contributed by atoms with Gasteiger partial charge in [-0.3, -0.25) is 14.2 Å². The number of para-hydroxylation sites is 1. The lowest BCUT2D eigenvalue weighted by Crippen LogP contribution is -2.40. The van der Waals surface area contributed by atoms with E-state index in [1.54, 1.807) is 36.1 Å². The van der Waals surface area contributed by atoms with Gasteiger partial charge >= 0.3 is 5.97 Å². The molecule has 0 aliphatic carbocycles. The van der Waals surface area contributed by atoms with Crippen molar-refractivity contribution < 1.29 is 14.3 Å². The Balaban J connectivity index is 1.67. The van der Waals surface area contributed by atoms with Crippen molar-refractivity contribution in [3.63, 3.8) is 0 Å². The minimum atomic E-state index is -0.762. The second kappa shape index (κ2) is 11.3. The topological polar surface area (TPSA) is 81.0 Å². The van der Waals surface area contributed by atoms with Gasteiger partial charge in [-0.05, 0) is 37.1 Å². The number of hydrogen-bond donors (Lipinski definition) is 0. The minimum Gasteiger partial charge on any atom is -0.466 e. The molecule has 0 spiro atoms. The molecule has 5 rings (SSSR count). The average Bonchev–Trinajstić information content (AvgIpc) is 3.40. The minimum absolute atomic E-state index is 0.177. The lowest BCUT2D eigenvalue weighted by molar-refractivity contribution is -0.136. The van der Waals surface area contributed by atoms with Crippen LogP contribution >= 0.6 is 22.9 Å². The number of methoxy groups -OCH3 is 1. The predicted molar refractivity (Wildman–Crippen MR) is 154 cm³/mol. The molecule has 0 saturated carbocycles.